The monoisotopic (exact) mass is 243 g/mol. The highest BCUT2D eigenvalue weighted by Gasteiger charge is 2.10. The molecule has 0 saturated heterocycles. The molecule has 2 amide bonds. The van der Waals surface area contributed by atoms with Gasteiger partial charge in [0.1, 0.15) is 0 Å². The zero-order valence-corrected chi connectivity index (χ0v) is 9.76. The first-order valence-electron chi connectivity index (χ1n) is 4.47. The lowest BCUT2D eigenvalue weighted by Crippen LogP contribution is -2.25. The number of sulfonamides is 1. The van der Waals surface area contributed by atoms with E-state index in [4.69, 9.17) is 5.14 Å². The average molecular weight is 243 g/mol. The molecule has 1 rings (SSSR count). The van der Waals surface area contributed by atoms with Crippen LogP contribution in [0.2, 0.25) is 0 Å². The van der Waals surface area contributed by atoms with Crippen LogP contribution < -0.4 is 15.8 Å². The summed E-state index contributed by atoms with van der Waals surface area (Å²) in [6.07, 6.45) is 0. The molecule has 0 aliphatic heterocycles. The Hall–Kier alpha value is -1.60. The van der Waals surface area contributed by atoms with Crippen LogP contribution >= 0.6 is 0 Å². The third kappa shape index (κ3) is 2.94. The van der Waals surface area contributed by atoms with Crippen molar-refractivity contribution < 1.29 is 13.2 Å². The molecule has 4 N–H and O–H groups in total. The van der Waals surface area contributed by atoms with Gasteiger partial charge in [0, 0.05) is 12.7 Å². The summed E-state index contributed by atoms with van der Waals surface area (Å²) >= 11 is 0. The van der Waals surface area contributed by atoms with E-state index in [9.17, 15) is 13.2 Å². The molecule has 0 radical (unpaired) electrons. The summed E-state index contributed by atoms with van der Waals surface area (Å²) in [4.78, 5) is 11.1. The van der Waals surface area contributed by atoms with E-state index in [2.05, 4.69) is 10.6 Å². The summed E-state index contributed by atoms with van der Waals surface area (Å²) in [5, 5.41) is 9.92. The third-order valence-corrected chi connectivity index (χ3v) is 2.91. The number of primary sulfonamides is 1. The summed E-state index contributed by atoms with van der Waals surface area (Å²) in [5.41, 5.74) is 1.15. The maximum Gasteiger partial charge on any atom is 0.318 e. The second kappa shape index (κ2) is 4.50. The number of urea groups is 1. The number of benzene rings is 1. The van der Waals surface area contributed by atoms with Crippen molar-refractivity contribution in [1.82, 2.24) is 5.32 Å². The molecule has 0 atom stereocenters. The van der Waals surface area contributed by atoms with Crippen molar-refractivity contribution in [2.45, 2.75) is 11.8 Å². The Morgan fingerprint density at radius 3 is 2.44 bits per heavy atom. The van der Waals surface area contributed by atoms with Gasteiger partial charge in [-0.3, -0.25) is 0 Å². The standard InChI is InChI=1S/C9H13N3O3S/c1-6-5-7(16(10,14)15)3-4-8(6)12-9(13)11-2/h3-5H,1-2H3,(H2,10,14,15)(H2,11,12,13). The highest BCUT2D eigenvalue weighted by molar-refractivity contribution is 7.89. The number of aryl methyl sites for hydroxylation is 1. The quantitative estimate of drug-likeness (QED) is 0.700. The summed E-state index contributed by atoms with van der Waals surface area (Å²) in [6, 6.07) is 3.87. The number of rotatable bonds is 2. The van der Waals surface area contributed by atoms with E-state index in [0.29, 0.717) is 11.3 Å². The first-order valence-corrected chi connectivity index (χ1v) is 6.01. The fourth-order valence-electron chi connectivity index (χ4n) is 1.14. The SMILES string of the molecule is CNC(=O)Nc1ccc(S(N)(=O)=O)cc1C. The van der Waals surface area contributed by atoms with Crippen LogP contribution in [0.1, 0.15) is 5.56 Å². The van der Waals surface area contributed by atoms with Crippen molar-refractivity contribution in [3.05, 3.63) is 23.8 Å². The van der Waals surface area contributed by atoms with E-state index in [-0.39, 0.29) is 10.9 Å². The van der Waals surface area contributed by atoms with Gasteiger partial charge in [0.15, 0.2) is 0 Å². The minimum Gasteiger partial charge on any atom is -0.341 e. The molecule has 0 aliphatic rings. The summed E-state index contributed by atoms with van der Waals surface area (Å²) in [6.45, 7) is 1.68. The first-order chi connectivity index (χ1) is 7.34. The topological polar surface area (TPSA) is 101 Å². The van der Waals surface area contributed by atoms with Crippen molar-refractivity contribution in [1.29, 1.82) is 0 Å². The summed E-state index contributed by atoms with van der Waals surface area (Å²) in [5.74, 6) is 0. The maximum atomic E-state index is 11.1. The average Bonchev–Trinajstić information content (AvgIpc) is 2.19. The summed E-state index contributed by atoms with van der Waals surface area (Å²) in [7, 11) is -2.21. The minimum atomic E-state index is -3.70. The predicted molar refractivity (Wildman–Crippen MR) is 60.6 cm³/mol. The molecule has 16 heavy (non-hydrogen) atoms. The number of hydrogen-bond donors (Lipinski definition) is 3. The van der Waals surface area contributed by atoms with Crippen LogP contribution in [-0.2, 0) is 10.0 Å². The highest BCUT2D eigenvalue weighted by atomic mass is 32.2. The van der Waals surface area contributed by atoms with Gasteiger partial charge in [0.25, 0.3) is 0 Å². The molecule has 0 bridgehead atoms. The fourth-order valence-corrected chi connectivity index (χ4v) is 1.74. The second-order valence-electron chi connectivity index (χ2n) is 3.23. The predicted octanol–water partition coefficient (Wildman–Crippen LogP) is 0.394. The van der Waals surface area contributed by atoms with Crippen molar-refractivity contribution in [3.8, 4) is 0 Å². The van der Waals surface area contributed by atoms with Gasteiger partial charge in [-0.1, -0.05) is 0 Å². The van der Waals surface area contributed by atoms with E-state index >= 15 is 0 Å². The Labute approximate surface area is 93.9 Å². The Bertz CT molecular complexity index is 511. The van der Waals surface area contributed by atoms with E-state index in [1.165, 1.54) is 25.2 Å². The molecule has 0 aromatic heterocycles. The molecule has 6 nitrogen and oxygen atoms in total. The number of nitrogens with two attached hydrogens (primary N) is 1. The van der Waals surface area contributed by atoms with Crippen LogP contribution in [0.3, 0.4) is 0 Å². The molecule has 0 aliphatic carbocycles. The van der Waals surface area contributed by atoms with Gasteiger partial charge in [-0.15, -0.1) is 0 Å². The lowest BCUT2D eigenvalue weighted by atomic mass is 10.2. The molecule has 0 heterocycles. The normalized spacial score (nSPS) is 10.9. The van der Waals surface area contributed by atoms with Gasteiger partial charge < -0.3 is 10.6 Å². The molecular weight excluding hydrogens is 230 g/mol. The zero-order valence-electron chi connectivity index (χ0n) is 8.94. The molecule has 7 heteroatoms. The van der Waals surface area contributed by atoms with Crippen LogP contribution in [0.25, 0.3) is 0 Å². The van der Waals surface area contributed by atoms with Gasteiger partial charge in [0.2, 0.25) is 10.0 Å². The van der Waals surface area contributed by atoms with E-state index in [1.807, 2.05) is 0 Å². The molecule has 0 spiro atoms. The van der Waals surface area contributed by atoms with Crippen LogP contribution in [0.15, 0.2) is 23.1 Å². The van der Waals surface area contributed by atoms with Crippen molar-refractivity contribution >= 4 is 21.7 Å². The van der Waals surface area contributed by atoms with Crippen molar-refractivity contribution in [3.63, 3.8) is 0 Å². The lowest BCUT2D eigenvalue weighted by molar-refractivity contribution is 0.254. The molecule has 0 saturated carbocycles. The Morgan fingerprint density at radius 2 is 2.00 bits per heavy atom. The summed E-state index contributed by atoms with van der Waals surface area (Å²) < 4.78 is 22.1. The third-order valence-electron chi connectivity index (χ3n) is 2.00. The highest BCUT2D eigenvalue weighted by Crippen LogP contribution is 2.18. The fraction of sp³-hybridized carbons (Fsp3) is 0.222. The van der Waals surface area contributed by atoms with Crippen molar-refractivity contribution in [2.24, 2.45) is 5.14 Å². The van der Waals surface area contributed by atoms with E-state index < -0.39 is 10.0 Å². The van der Waals surface area contributed by atoms with Gasteiger partial charge >= 0.3 is 6.03 Å². The first kappa shape index (κ1) is 12.5. The lowest BCUT2D eigenvalue weighted by Gasteiger charge is -2.08. The van der Waals surface area contributed by atoms with E-state index in [1.54, 1.807) is 6.92 Å². The smallest absolute Gasteiger partial charge is 0.318 e. The van der Waals surface area contributed by atoms with Crippen LogP contribution in [0.4, 0.5) is 10.5 Å². The molecule has 0 unspecified atom stereocenters. The van der Waals surface area contributed by atoms with Crippen LogP contribution in [0.5, 0.6) is 0 Å². The van der Waals surface area contributed by atoms with Crippen LogP contribution in [0, 0.1) is 6.92 Å². The van der Waals surface area contributed by atoms with Gasteiger partial charge in [0.05, 0.1) is 4.90 Å². The van der Waals surface area contributed by atoms with Crippen LogP contribution in [-0.4, -0.2) is 21.5 Å². The number of hydrogen-bond acceptors (Lipinski definition) is 3. The number of carbonyl (C=O) groups excluding carboxylic acids is 1. The zero-order chi connectivity index (χ0) is 12.3. The molecular formula is C9H13N3O3S. The van der Waals surface area contributed by atoms with E-state index in [0.717, 1.165) is 0 Å². The number of amides is 2. The maximum absolute atomic E-state index is 11.1. The molecule has 1 aromatic rings. The minimum absolute atomic E-state index is 0.0208. The largest absolute Gasteiger partial charge is 0.341 e. The number of nitrogens with one attached hydrogen (secondary N) is 2. The van der Waals surface area contributed by atoms with Crippen molar-refractivity contribution in [2.75, 3.05) is 12.4 Å². The van der Waals surface area contributed by atoms with Gasteiger partial charge in [-0.25, -0.2) is 18.4 Å². The molecule has 88 valence electrons. The molecule has 0 fully saturated rings. The Kier molecular flexibility index (Phi) is 3.51. The second-order valence-corrected chi connectivity index (χ2v) is 4.79. The van der Waals surface area contributed by atoms with Gasteiger partial charge in [-0.05, 0) is 30.7 Å². The van der Waals surface area contributed by atoms with Gasteiger partial charge in [-0.2, -0.15) is 0 Å². The molecule has 1 aromatic carbocycles. The Balaban J connectivity index is 3.06. The Morgan fingerprint density at radius 1 is 1.38 bits per heavy atom. The number of anilines is 1. The number of carbonyl (C=O) groups is 1.